The van der Waals surface area contributed by atoms with E-state index in [1.54, 1.807) is 31.2 Å². The fraction of sp³-hybridized carbons (Fsp3) is 0.176. The maximum Gasteiger partial charge on any atom is 0.269 e. The van der Waals surface area contributed by atoms with Crippen LogP contribution in [0, 0.1) is 10.1 Å². The smallest absolute Gasteiger partial charge is 0.269 e. The van der Waals surface area contributed by atoms with E-state index < -0.39 is 4.92 Å². The predicted molar refractivity (Wildman–Crippen MR) is 101 cm³/mol. The summed E-state index contributed by atoms with van der Waals surface area (Å²) in [5.74, 6) is 0.625. The number of nitro groups is 1. The van der Waals surface area contributed by atoms with Crippen LogP contribution >= 0.6 is 23.4 Å². The number of carbonyl (C=O) groups excluding carboxylic acids is 1. The van der Waals surface area contributed by atoms with E-state index in [0.717, 1.165) is 11.1 Å². The Balaban J connectivity index is 1.77. The first-order valence-electron chi connectivity index (χ1n) is 7.36. The summed E-state index contributed by atoms with van der Waals surface area (Å²) < 4.78 is 0. The third kappa shape index (κ3) is 6.21. The summed E-state index contributed by atoms with van der Waals surface area (Å²) in [5, 5.41) is 15.3. The van der Waals surface area contributed by atoms with Crippen molar-refractivity contribution < 1.29 is 9.72 Å². The van der Waals surface area contributed by atoms with Crippen molar-refractivity contribution in [1.29, 1.82) is 0 Å². The number of benzene rings is 2. The lowest BCUT2D eigenvalue weighted by molar-refractivity contribution is -0.384. The van der Waals surface area contributed by atoms with Crippen LogP contribution in [0.15, 0.2) is 53.6 Å². The Kier molecular flexibility index (Phi) is 6.97. The van der Waals surface area contributed by atoms with Gasteiger partial charge in [0.25, 0.3) is 5.69 Å². The van der Waals surface area contributed by atoms with Gasteiger partial charge in [-0.25, -0.2) is 5.43 Å². The molecule has 130 valence electrons. The molecule has 0 spiro atoms. The second kappa shape index (κ2) is 9.19. The largest absolute Gasteiger partial charge is 0.272 e. The Morgan fingerprint density at radius 1 is 1.20 bits per heavy atom. The van der Waals surface area contributed by atoms with Gasteiger partial charge in [-0.05, 0) is 30.2 Å². The minimum absolute atomic E-state index is 0.0542. The summed E-state index contributed by atoms with van der Waals surface area (Å²) in [4.78, 5) is 22.0. The van der Waals surface area contributed by atoms with E-state index in [2.05, 4.69) is 10.5 Å². The second-order valence-corrected chi connectivity index (χ2v) is 6.58. The molecule has 0 radical (unpaired) electrons. The van der Waals surface area contributed by atoms with E-state index in [-0.39, 0.29) is 17.3 Å². The number of hydrazone groups is 1. The molecule has 0 saturated carbocycles. The Bertz CT molecular complexity index is 777. The third-order valence-corrected chi connectivity index (χ3v) is 4.52. The predicted octanol–water partition coefficient (Wildman–Crippen LogP) is 4.02. The van der Waals surface area contributed by atoms with Crippen molar-refractivity contribution in [2.24, 2.45) is 5.10 Å². The normalized spacial score (nSPS) is 11.2. The first-order chi connectivity index (χ1) is 12.0. The fourth-order valence-electron chi connectivity index (χ4n) is 1.91. The van der Waals surface area contributed by atoms with E-state index >= 15 is 0 Å². The molecule has 0 bridgehead atoms. The SMILES string of the molecule is C/C(=N/NC(=O)CSCc1ccc([N+](=O)[O-])cc1)c1ccc(Cl)cc1. The van der Waals surface area contributed by atoms with Gasteiger partial charge in [0, 0.05) is 22.9 Å². The number of rotatable bonds is 7. The Hall–Kier alpha value is -2.38. The van der Waals surface area contributed by atoms with E-state index in [4.69, 9.17) is 11.6 Å². The van der Waals surface area contributed by atoms with Gasteiger partial charge in [0.05, 0.1) is 16.4 Å². The van der Waals surface area contributed by atoms with Crippen molar-refractivity contribution in [2.45, 2.75) is 12.7 Å². The number of halogens is 1. The molecular weight excluding hydrogens is 362 g/mol. The maximum absolute atomic E-state index is 11.8. The number of thioether (sulfide) groups is 1. The van der Waals surface area contributed by atoms with Crippen LogP contribution in [0.25, 0.3) is 0 Å². The number of carbonyl (C=O) groups is 1. The molecule has 0 atom stereocenters. The highest BCUT2D eigenvalue weighted by Gasteiger charge is 2.05. The van der Waals surface area contributed by atoms with Crippen LogP contribution in [0.3, 0.4) is 0 Å². The topological polar surface area (TPSA) is 84.6 Å². The quantitative estimate of drug-likeness (QED) is 0.448. The molecule has 1 amide bonds. The lowest BCUT2D eigenvalue weighted by atomic mass is 10.1. The van der Waals surface area contributed by atoms with Crippen LogP contribution in [-0.4, -0.2) is 22.3 Å². The molecule has 2 aromatic rings. The maximum atomic E-state index is 11.8. The molecule has 0 heterocycles. The molecule has 25 heavy (non-hydrogen) atoms. The van der Waals surface area contributed by atoms with Crippen molar-refractivity contribution in [1.82, 2.24) is 5.43 Å². The molecule has 8 heteroatoms. The van der Waals surface area contributed by atoms with Gasteiger partial charge in [-0.1, -0.05) is 35.9 Å². The summed E-state index contributed by atoms with van der Waals surface area (Å²) in [6.45, 7) is 1.80. The highest BCUT2D eigenvalue weighted by molar-refractivity contribution is 7.99. The van der Waals surface area contributed by atoms with Crippen molar-refractivity contribution in [2.75, 3.05) is 5.75 Å². The number of hydrogen-bond acceptors (Lipinski definition) is 5. The molecule has 0 aliphatic heterocycles. The van der Waals surface area contributed by atoms with Crippen LogP contribution in [0.5, 0.6) is 0 Å². The lowest BCUT2D eigenvalue weighted by Gasteiger charge is -2.04. The molecule has 0 aromatic heterocycles. The first kappa shape index (κ1) is 19.0. The summed E-state index contributed by atoms with van der Waals surface area (Å²) >= 11 is 7.24. The first-order valence-corrected chi connectivity index (χ1v) is 8.89. The Morgan fingerprint density at radius 2 is 1.84 bits per heavy atom. The van der Waals surface area contributed by atoms with Crippen LogP contribution in [-0.2, 0) is 10.5 Å². The summed E-state index contributed by atoms with van der Waals surface area (Å²) in [7, 11) is 0. The van der Waals surface area contributed by atoms with Crippen LogP contribution in [0.2, 0.25) is 5.02 Å². The molecular formula is C17H16ClN3O3S. The van der Waals surface area contributed by atoms with E-state index in [9.17, 15) is 14.9 Å². The minimum Gasteiger partial charge on any atom is -0.272 e. The van der Waals surface area contributed by atoms with Crippen molar-refractivity contribution in [3.8, 4) is 0 Å². The van der Waals surface area contributed by atoms with Crippen LogP contribution < -0.4 is 5.43 Å². The number of non-ortho nitro benzene ring substituents is 1. The van der Waals surface area contributed by atoms with Crippen molar-refractivity contribution >= 4 is 40.7 Å². The number of nitrogens with zero attached hydrogens (tertiary/aromatic N) is 2. The second-order valence-electron chi connectivity index (χ2n) is 5.16. The van der Waals surface area contributed by atoms with Gasteiger partial charge < -0.3 is 0 Å². The fourth-order valence-corrected chi connectivity index (χ4v) is 2.82. The van der Waals surface area contributed by atoms with Gasteiger partial charge in [0.2, 0.25) is 5.91 Å². The number of amides is 1. The van der Waals surface area contributed by atoms with Crippen molar-refractivity contribution in [3.63, 3.8) is 0 Å². The van der Waals surface area contributed by atoms with Gasteiger partial charge >= 0.3 is 0 Å². The summed E-state index contributed by atoms with van der Waals surface area (Å²) in [6, 6.07) is 13.5. The lowest BCUT2D eigenvalue weighted by Crippen LogP contribution is -2.21. The van der Waals surface area contributed by atoms with E-state index in [1.165, 1.54) is 23.9 Å². The van der Waals surface area contributed by atoms with Crippen LogP contribution in [0.4, 0.5) is 5.69 Å². The molecule has 0 saturated heterocycles. The molecule has 2 aromatic carbocycles. The van der Waals surface area contributed by atoms with Crippen LogP contribution in [0.1, 0.15) is 18.1 Å². The average Bonchev–Trinajstić information content (AvgIpc) is 2.60. The molecule has 2 rings (SSSR count). The number of nitro benzene ring substituents is 1. The molecule has 1 N–H and O–H groups in total. The Labute approximate surface area is 154 Å². The molecule has 0 aliphatic carbocycles. The zero-order chi connectivity index (χ0) is 18.2. The van der Waals surface area contributed by atoms with E-state index in [1.807, 2.05) is 12.1 Å². The van der Waals surface area contributed by atoms with E-state index in [0.29, 0.717) is 16.5 Å². The van der Waals surface area contributed by atoms with Gasteiger partial charge in [0.15, 0.2) is 0 Å². The highest BCUT2D eigenvalue weighted by Crippen LogP contribution is 2.16. The monoisotopic (exact) mass is 377 g/mol. The molecule has 0 aliphatic rings. The molecule has 6 nitrogen and oxygen atoms in total. The highest BCUT2D eigenvalue weighted by atomic mass is 35.5. The van der Waals surface area contributed by atoms with Gasteiger partial charge in [0.1, 0.15) is 0 Å². The number of hydrogen-bond donors (Lipinski definition) is 1. The summed E-state index contributed by atoms with van der Waals surface area (Å²) in [6.07, 6.45) is 0. The minimum atomic E-state index is -0.439. The Morgan fingerprint density at radius 3 is 2.44 bits per heavy atom. The molecule has 0 unspecified atom stereocenters. The van der Waals surface area contributed by atoms with Gasteiger partial charge in [-0.15, -0.1) is 11.8 Å². The average molecular weight is 378 g/mol. The number of nitrogens with one attached hydrogen (secondary N) is 1. The summed E-state index contributed by atoms with van der Waals surface area (Å²) in [5.41, 5.74) is 5.05. The van der Waals surface area contributed by atoms with Gasteiger partial charge in [-0.3, -0.25) is 14.9 Å². The van der Waals surface area contributed by atoms with Gasteiger partial charge in [-0.2, -0.15) is 5.10 Å². The van der Waals surface area contributed by atoms with Crippen molar-refractivity contribution in [3.05, 3.63) is 74.8 Å². The molecule has 0 fully saturated rings. The zero-order valence-corrected chi connectivity index (χ0v) is 15.0. The zero-order valence-electron chi connectivity index (χ0n) is 13.4. The standard InChI is InChI=1S/C17H16ClN3O3S/c1-12(14-4-6-15(18)7-5-14)19-20-17(22)11-25-10-13-2-8-16(9-3-13)21(23)24/h2-9H,10-11H2,1H3,(H,20,22)/b19-12-. The third-order valence-electron chi connectivity index (χ3n) is 3.26.